The SMILES string of the molecule is CC1(C)CC=C(CC2=CCCCC2)CC1C(=O)O. The molecule has 0 aromatic rings. The molecule has 2 rings (SSSR count). The second kappa shape index (κ2) is 5.29. The molecule has 2 heteroatoms. The van der Waals surface area contributed by atoms with Crippen LogP contribution in [0.4, 0.5) is 0 Å². The lowest BCUT2D eigenvalue weighted by atomic mass is 9.68. The van der Waals surface area contributed by atoms with E-state index in [-0.39, 0.29) is 11.3 Å². The molecule has 0 saturated heterocycles. The van der Waals surface area contributed by atoms with Gasteiger partial charge in [-0.15, -0.1) is 0 Å². The van der Waals surface area contributed by atoms with Crippen LogP contribution in [0.2, 0.25) is 0 Å². The van der Waals surface area contributed by atoms with Crippen molar-refractivity contribution >= 4 is 5.97 Å². The quantitative estimate of drug-likeness (QED) is 0.755. The average Bonchev–Trinajstić information content (AvgIpc) is 2.32. The summed E-state index contributed by atoms with van der Waals surface area (Å²) in [6.45, 7) is 4.14. The maximum atomic E-state index is 11.4. The number of hydrogen-bond donors (Lipinski definition) is 1. The summed E-state index contributed by atoms with van der Waals surface area (Å²) in [5.74, 6) is -0.857. The van der Waals surface area contributed by atoms with E-state index >= 15 is 0 Å². The van der Waals surface area contributed by atoms with Crippen LogP contribution in [0.15, 0.2) is 23.3 Å². The van der Waals surface area contributed by atoms with Crippen LogP contribution in [-0.2, 0) is 4.79 Å². The lowest BCUT2D eigenvalue weighted by Gasteiger charge is -2.35. The highest BCUT2D eigenvalue weighted by molar-refractivity contribution is 5.71. The van der Waals surface area contributed by atoms with E-state index < -0.39 is 5.97 Å². The number of aliphatic carboxylic acids is 1. The second-order valence-electron chi connectivity index (χ2n) is 6.43. The van der Waals surface area contributed by atoms with Gasteiger partial charge in [0, 0.05) is 0 Å². The molecular formula is C16H24O2. The van der Waals surface area contributed by atoms with Crippen LogP contribution >= 0.6 is 0 Å². The van der Waals surface area contributed by atoms with Gasteiger partial charge in [-0.05, 0) is 50.4 Å². The third kappa shape index (κ3) is 3.04. The van der Waals surface area contributed by atoms with Crippen molar-refractivity contribution in [2.45, 2.75) is 58.8 Å². The molecule has 0 bridgehead atoms. The Kier molecular flexibility index (Phi) is 3.94. The lowest BCUT2D eigenvalue weighted by Crippen LogP contribution is -2.33. The average molecular weight is 248 g/mol. The van der Waals surface area contributed by atoms with Crippen LogP contribution in [0.1, 0.15) is 58.8 Å². The van der Waals surface area contributed by atoms with E-state index in [2.05, 4.69) is 26.0 Å². The highest BCUT2D eigenvalue weighted by Crippen LogP contribution is 2.42. The minimum atomic E-state index is -0.636. The first-order valence-corrected chi connectivity index (χ1v) is 7.07. The standard InChI is InChI=1S/C16H24O2/c1-16(2)9-8-13(11-14(16)15(17)18)10-12-6-4-3-5-7-12/h6,8,14H,3-5,7,9-11H2,1-2H3,(H,17,18). The molecule has 100 valence electrons. The number of carbonyl (C=O) groups is 1. The number of carboxylic acids is 1. The van der Waals surface area contributed by atoms with E-state index in [0.29, 0.717) is 0 Å². The van der Waals surface area contributed by atoms with Gasteiger partial charge in [0.25, 0.3) is 0 Å². The van der Waals surface area contributed by atoms with Crippen LogP contribution in [0.5, 0.6) is 0 Å². The second-order valence-corrected chi connectivity index (χ2v) is 6.43. The van der Waals surface area contributed by atoms with Crippen molar-refractivity contribution in [3.05, 3.63) is 23.3 Å². The highest BCUT2D eigenvalue weighted by atomic mass is 16.4. The molecular weight excluding hydrogens is 224 g/mol. The fourth-order valence-corrected chi connectivity index (χ4v) is 3.09. The first-order chi connectivity index (χ1) is 8.49. The maximum absolute atomic E-state index is 11.4. The third-order valence-corrected chi connectivity index (χ3v) is 4.46. The zero-order chi connectivity index (χ0) is 13.2. The summed E-state index contributed by atoms with van der Waals surface area (Å²) >= 11 is 0. The summed E-state index contributed by atoms with van der Waals surface area (Å²) in [5, 5.41) is 9.36. The summed E-state index contributed by atoms with van der Waals surface area (Å²) in [7, 11) is 0. The van der Waals surface area contributed by atoms with E-state index in [1.165, 1.54) is 36.8 Å². The Hall–Kier alpha value is -1.05. The summed E-state index contributed by atoms with van der Waals surface area (Å²) < 4.78 is 0. The number of allylic oxidation sites excluding steroid dienone is 4. The zero-order valence-electron chi connectivity index (χ0n) is 11.5. The normalized spacial score (nSPS) is 27.3. The molecule has 0 aromatic heterocycles. The van der Waals surface area contributed by atoms with Crippen molar-refractivity contribution < 1.29 is 9.90 Å². The molecule has 1 N–H and O–H groups in total. The van der Waals surface area contributed by atoms with Gasteiger partial charge in [-0.1, -0.05) is 37.1 Å². The molecule has 2 aliphatic carbocycles. The maximum Gasteiger partial charge on any atom is 0.307 e. The van der Waals surface area contributed by atoms with Crippen molar-refractivity contribution in [2.24, 2.45) is 11.3 Å². The predicted octanol–water partition coefficient (Wildman–Crippen LogP) is 4.32. The monoisotopic (exact) mass is 248 g/mol. The zero-order valence-corrected chi connectivity index (χ0v) is 11.5. The molecule has 18 heavy (non-hydrogen) atoms. The summed E-state index contributed by atoms with van der Waals surface area (Å²) in [5.41, 5.74) is 2.77. The van der Waals surface area contributed by atoms with Crippen molar-refractivity contribution in [1.82, 2.24) is 0 Å². The molecule has 2 aliphatic rings. The van der Waals surface area contributed by atoms with Gasteiger partial charge in [0.15, 0.2) is 0 Å². The van der Waals surface area contributed by atoms with E-state index in [1.807, 2.05) is 0 Å². The third-order valence-electron chi connectivity index (χ3n) is 4.46. The topological polar surface area (TPSA) is 37.3 Å². The molecule has 0 amide bonds. The predicted molar refractivity (Wildman–Crippen MR) is 73.4 cm³/mol. The van der Waals surface area contributed by atoms with Gasteiger partial charge in [0.05, 0.1) is 5.92 Å². The van der Waals surface area contributed by atoms with Crippen molar-refractivity contribution in [1.29, 1.82) is 0 Å². The summed E-state index contributed by atoms with van der Waals surface area (Å²) in [6, 6.07) is 0. The van der Waals surface area contributed by atoms with E-state index in [1.54, 1.807) is 0 Å². The van der Waals surface area contributed by atoms with Crippen molar-refractivity contribution in [3.63, 3.8) is 0 Å². The Morgan fingerprint density at radius 1 is 1.33 bits per heavy atom. The fraction of sp³-hybridized carbons (Fsp3) is 0.688. The van der Waals surface area contributed by atoms with Crippen LogP contribution < -0.4 is 0 Å². The minimum absolute atomic E-state index is 0.101. The van der Waals surface area contributed by atoms with Gasteiger partial charge in [-0.3, -0.25) is 4.79 Å². The first kappa shape index (κ1) is 13.4. The molecule has 0 radical (unpaired) electrons. The molecule has 0 aromatic carbocycles. The Labute approximate surface area is 110 Å². The molecule has 0 aliphatic heterocycles. The molecule has 2 nitrogen and oxygen atoms in total. The highest BCUT2D eigenvalue weighted by Gasteiger charge is 2.37. The van der Waals surface area contributed by atoms with Crippen molar-refractivity contribution in [3.8, 4) is 0 Å². The molecule has 0 spiro atoms. The Morgan fingerprint density at radius 2 is 2.11 bits per heavy atom. The Balaban J connectivity index is 2.04. The summed E-state index contributed by atoms with van der Waals surface area (Å²) in [4.78, 5) is 11.4. The molecule has 1 atom stereocenters. The van der Waals surface area contributed by atoms with E-state index in [0.717, 1.165) is 19.3 Å². The fourth-order valence-electron chi connectivity index (χ4n) is 3.09. The van der Waals surface area contributed by atoms with Crippen LogP contribution in [0, 0.1) is 11.3 Å². The van der Waals surface area contributed by atoms with E-state index in [9.17, 15) is 9.90 Å². The summed E-state index contributed by atoms with van der Waals surface area (Å²) in [6.07, 6.45) is 12.3. The van der Waals surface area contributed by atoms with Gasteiger partial charge in [0.2, 0.25) is 0 Å². The molecule has 0 fully saturated rings. The van der Waals surface area contributed by atoms with Gasteiger partial charge in [-0.25, -0.2) is 0 Å². The van der Waals surface area contributed by atoms with Gasteiger partial charge in [-0.2, -0.15) is 0 Å². The largest absolute Gasteiger partial charge is 0.481 e. The smallest absolute Gasteiger partial charge is 0.307 e. The van der Waals surface area contributed by atoms with E-state index in [4.69, 9.17) is 0 Å². The van der Waals surface area contributed by atoms with Gasteiger partial charge in [0.1, 0.15) is 0 Å². The van der Waals surface area contributed by atoms with Gasteiger partial charge < -0.3 is 5.11 Å². The van der Waals surface area contributed by atoms with Crippen LogP contribution in [0.25, 0.3) is 0 Å². The molecule has 0 heterocycles. The first-order valence-electron chi connectivity index (χ1n) is 7.07. The Bertz CT molecular complexity index is 388. The minimum Gasteiger partial charge on any atom is -0.481 e. The van der Waals surface area contributed by atoms with Crippen LogP contribution in [-0.4, -0.2) is 11.1 Å². The van der Waals surface area contributed by atoms with Crippen LogP contribution in [0.3, 0.4) is 0 Å². The number of rotatable bonds is 3. The number of carboxylic acid groups (broad SMARTS) is 1. The Morgan fingerprint density at radius 3 is 2.72 bits per heavy atom. The molecule has 1 unspecified atom stereocenters. The lowest BCUT2D eigenvalue weighted by molar-refractivity contribution is -0.146. The van der Waals surface area contributed by atoms with Gasteiger partial charge >= 0.3 is 5.97 Å². The molecule has 0 saturated carbocycles. The number of hydrogen-bond acceptors (Lipinski definition) is 1. The van der Waals surface area contributed by atoms with Crippen molar-refractivity contribution in [2.75, 3.05) is 0 Å².